The number of hydrogen-bond acceptors (Lipinski definition) is 6. The molecule has 2 aromatic rings. The Morgan fingerprint density at radius 3 is 2.39 bits per heavy atom. The predicted molar refractivity (Wildman–Crippen MR) is 82.8 cm³/mol. The van der Waals surface area contributed by atoms with E-state index in [9.17, 15) is 19.7 Å². The van der Waals surface area contributed by atoms with E-state index >= 15 is 0 Å². The fourth-order valence-corrected chi connectivity index (χ4v) is 1.94. The van der Waals surface area contributed by atoms with Gasteiger partial charge in [-0.2, -0.15) is 0 Å². The van der Waals surface area contributed by atoms with Crippen LogP contribution in [0, 0.1) is 10.1 Å². The van der Waals surface area contributed by atoms with Gasteiger partial charge in [0.25, 0.3) is 0 Å². The second-order valence-corrected chi connectivity index (χ2v) is 4.38. The van der Waals surface area contributed by atoms with Crippen LogP contribution in [0.5, 0.6) is 11.5 Å². The van der Waals surface area contributed by atoms with Crippen LogP contribution in [0.1, 0.15) is 11.3 Å². The van der Waals surface area contributed by atoms with Gasteiger partial charge in [-0.15, -0.1) is 0 Å². The van der Waals surface area contributed by atoms with Gasteiger partial charge in [0.15, 0.2) is 11.5 Å². The molecule has 1 aromatic carbocycles. The lowest BCUT2D eigenvalue weighted by molar-refractivity contribution is -0.386. The average molecular weight is 319 g/mol. The fourth-order valence-electron chi connectivity index (χ4n) is 1.94. The van der Waals surface area contributed by atoms with Crippen LogP contribution in [0.4, 0.5) is 5.69 Å². The molecule has 0 fully saturated rings. The minimum atomic E-state index is -1.06. The largest absolute Gasteiger partial charge is 0.493 e. The van der Waals surface area contributed by atoms with Crippen LogP contribution in [-0.4, -0.2) is 29.1 Å². The number of aromatic nitrogens is 2. The molecule has 0 saturated heterocycles. The van der Waals surface area contributed by atoms with E-state index < -0.39 is 21.9 Å². The van der Waals surface area contributed by atoms with Crippen LogP contribution in [0.15, 0.2) is 27.8 Å². The molecule has 0 aliphatic heterocycles. The minimum Gasteiger partial charge on any atom is -0.493 e. The Kier molecular flexibility index (Phi) is 4.60. The smallest absolute Gasteiger partial charge is 0.357 e. The lowest BCUT2D eigenvalue weighted by Gasteiger charge is -2.07. The van der Waals surface area contributed by atoms with E-state index in [0.717, 1.165) is 0 Å². The topological polar surface area (TPSA) is 127 Å². The maximum atomic E-state index is 11.5. The molecule has 0 saturated carbocycles. The monoisotopic (exact) mass is 319 g/mol. The summed E-state index contributed by atoms with van der Waals surface area (Å²) < 4.78 is 10.3. The van der Waals surface area contributed by atoms with E-state index in [1.807, 2.05) is 4.98 Å². The number of nitrogens with zero attached hydrogens (tertiary/aromatic N) is 1. The summed E-state index contributed by atoms with van der Waals surface area (Å²) in [5.74, 6) is 1.00. The second-order valence-electron chi connectivity index (χ2n) is 4.38. The molecule has 1 heterocycles. The van der Waals surface area contributed by atoms with Crippen molar-refractivity contribution in [3.05, 3.63) is 60.4 Å². The third-order valence-electron chi connectivity index (χ3n) is 2.98. The lowest BCUT2D eigenvalue weighted by atomic mass is 10.1. The number of H-pyrrole nitrogens is 2. The molecule has 0 unspecified atom stereocenters. The van der Waals surface area contributed by atoms with E-state index in [4.69, 9.17) is 9.47 Å². The summed E-state index contributed by atoms with van der Waals surface area (Å²) in [6.07, 6.45) is 2.77. The van der Waals surface area contributed by atoms with Gasteiger partial charge in [-0.3, -0.25) is 19.9 Å². The van der Waals surface area contributed by atoms with Gasteiger partial charge in [-0.1, -0.05) is 12.1 Å². The van der Waals surface area contributed by atoms with Gasteiger partial charge in [0, 0.05) is 0 Å². The molecule has 0 aliphatic carbocycles. The van der Waals surface area contributed by atoms with Gasteiger partial charge in [0.1, 0.15) is 5.69 Å². The van der Waals surface area contributed by atoms with Gasteiger partial charge in [0.05, 0.1) is 19.1 Å². The van der Waals surface area contributed by atoms with E-state index in [1.54, 1.807) is 18.2 Å². The highest BCUT2D eigenvalue weighted by atomic mass is 16.6. The zero-order chi connectivity index (χ0) is 17.0. The van der Waals surface area contributed by atoms with E-state index in [1.165, 1.54) is 26.4 Å². The summed E-state index contributed by atoms with van der Waals surface area (Å²) in [6.45, 7) is 0. The molecule has 23 heavy (non-hydrogen) atoms. The number of benzene rings is 1. The maximum Gasteiger partial charge on any atom is 0.357 e. The summed E-state index contributed by atoms with van der Waals surface area (Å²) in [6, 6.07) is 4.99. The molecule has 0 radical (unpaired) electrons. The molecule has 9 heteroatoms. The summed E-state index contributed by atoms with van der Waals surface area (Å²) >= 11 is 0. The van der Waals surface area contributed by atoms with Gasteiger partial charge >= 0.3 is 16.9 Å². The highest BCUT2D eigenvalue weighted by molar-refractivity contribution is 5.72. The van der Waals surface area contributed by atoms with E-state index in [-0.39, 0.29) is 5.69 Å². The van der Waals surface area contributed by atoms with E-state index in [2.05, 4.69) is 4.98 Å². The molecule has 0 bridgehead atoms. The van der Waals surface area contributed by atoms with Crippen molar-refractivity contribution >= 4 is 17.8 Å². The minimum absolute atomic E-state index is 0.196. The number of ether oxygens (including phenoxy) is 2. The first kappa shape index (κ1) is 16.0. The van der Waals surface area contributed by atoms with Gasteiger partial charge < -0.3 is 14.5 Å². The molecule has 0 atom stereocenters. The van der Waals surface area contributed by atoms with Crippen LogP contribution < -0.4 is 20.7 Å². The van der Waals surface area contributed by atoms with Crippen LogP contribution in [0.25, 0.3) is 12.2 Å². The van der Waals surface area contributed by atoms with Crippen LogP contribution in [0.3, 0.4) is 0 Å². The normalized spacial score (nSPS) is 10.7. The summed E-state index contributed by atoms with van der Waals surface area (Å²) in [5, 5.41) is 10.9. The SMILES string of the molecule is COc1ccc(C=Cc2[nH]c(=O)[nH]c(=O)c2[N+](=O)[O-])cc1OC. The number of nitrogens with one attached hydrogen (secondary N) is 2. The van der Waals surface area contributed by atoms with Crippen molar-refractivity contribution in [2.75, 3.05) is 14.2 Å². The molecule has 0 spiro atoms. The van der Waals surface area contributed by atoms with Gasteiger partial charge in [0.2, 0.25) is 0 Å². The third kappa shape index (κ3) is 3.46. The Labute approximate surface area is 129 Å². The number of aromatic amines is 2. The first-order valence-electron chi connectivity index (χ1n) is 6.37. The van der Waals surface area contributed by atoms with Crippen molar-refractivity contribution < 1.29 is 14.4 Å². The molecular weight excluding hydrogens is 306 g/mol. The summed E-state index contributed by atoms with van der Waals surface area (Å²) in [7, 11) is 2.97. The quantitative estimate of drug-likeness (QED) is 0.629. The maximum absolute atomic E-state index is 11.5. The highest BCUT2D eigenvalue weighted by Gasteiger charge is 2.18. The van der Waals surface area contributed by atoms with Crippen molar-refractivity contribution in [2.24, 2.45) is 0 Å². The molecule has 0 amide bonds. The molecule has 9 nitrogen and oxygen atoms in total. The first-order valence-corrected chi connectivity index (χ1v) is 6.37. The Morgan fingerprint density at radius 2 is 1.78 bits per heavy atom. The molecule has 1 aromatic heterocycles. The van der Waals surface area contributed by atoms with Gasteiger partial charge in [-0.05, 0) is 23.8 Å². The summed E-state index contributed by atoms with van der Waals surface area (Å²) in [4.78, 5) is 36.9. The second kappa shape index (κ2) is 6.60. The number of rotatable bonds is 5. The van der Waals surface area contributed by atoms with Crippen molar-refractivity contribution in [1.82, 2.24) is 9.97 Å². The van der Waals surface area contributed by atoms with Crippen molar-refractivity contribution in [3.8, 4) is 11.5 Å². The standard InChI is InChI=1S/C14H13N3O6/c1-22-10-6-4-8(7-11(10)23-2)3-5-9-12(17(20)21)13(18)16-14(19)15-9/h3-7H,1-2H3,(H2,15,16,18,19). The van der Waals surface area contributed by atoms with Crippen LogP contribution in [0.2, 0.25) is 0 Å². The molecule has 2 N–H and O–H groups in total. The lowest BCUT2D eigenvalue weighted by Crippen LogP contribution is -2.25. The Morgan fingerprint density at radius 1 is 1.09 bits per heavy atom. The number of methoxy groups -OCH3 is 2. The highest BCUT2D eigenvalue weighted by Crippen LogP contribution is 2.28. The third-order valence-corrected chi connectivity index (χ3v) is 2.98. The van der Waals surface area contributed by atoms with Crippen molar-refractivity contribution in [3.63, 3.8) is 0 Å². The molecule has 0 aliphatic rings. The fraction of sp³-hybridized carbons (Fsp3) is 0.143. The van der Waals surface area contributed by atoms with Gasteiger partial charge in [-0.25, -0.2) is 4.79 Å². The Bertz CT molecular complexity index is 881. The zero-order valence-corrected chi connectivity index (χ0v) is 12.3. The van der Waals surface area contributed by atoms with Crippen LogP contribution >= 0.6 is 0 Å². The van der Waals surface area contributed by atoms with Crippen molar-refractivity contribution in [2.45, 2.75) is 0 Å². The Hall–Kier alpha value is -3.36. The van der Waals surface area contributed by atoms with E-state index in [0.29, 0.717) is 17.1 Å². The Balaban J connectivity index is 2.47. The number of hydrogen-bond donors (Lipinski definition) is 2. The summed E-state index contributed by atoms with van der Waals surface area (Å²) in [5.41, 5.74) is -2.18. The molecule has 2 rings (SSSR count). The predicted octanol–water partition coefficient (Wildman–Crippen LogP) is 1.16. The van der Waals surface area contributed by atoms with Crippen molar-refractivity contribution in [1.29, 1.82) is 0 Å². The zero-order valence-electron chi connectivity index (χ0n) is 12.3. The average Bonchev–Trinajstić information content (AvgIpc) is 2.51. The number of nitro groups is 1. The molecular formula is C14H13N3O6. The molecule has 120 valence electrons. The first-order chi connectivity index (χ1) is 11.0. The van der Waals surface area contributed by atoms with Crippen LogP contribution in [-0.2, 0) is 0 Å².